The van der Waals surface area contributed by atoms with Gasteiger partial charge in [-0.05, 0) is 31.5 Å². The number of aromatic nitrogens is 1. The van der Waals surface area contributed by atoms with Crippen molar-refractivity contribution in [3.63, 3.8) is 0 Å². The Morgan fingerprint density at radius 1 is 1.16 bits per heavy atom. The highest BCUT2D eigenvalue weighted by atomic mass is 16.3. The van der Waals surface area contributed by atoms with E-state index < -0.39 is 0 Å². The van der Waals surface area contributed by atoms with Gasteiger partial charge in [0.1, 0.15) is 11.3 Å². The molecule has 96 valence electrons. The van der Waals surface area contributed by atoms with Crippen molar-refractivity contribution < 1.29 is 4.42 Å². The average molecular weight is 252 g/mol. The Labute approximate surface area is 112 Å². The topological polar surface area (TPSA) is 38.1 Å². The fraction of sp³-hybridized carbons (Fsp3) is 0.188. The molecular formula is C16H16N2O. The number of benzene rings is 1. The zero-order valence-corrected chi connectivity index (χ0v) is 11.1. The molecule has 1 aromatic carbocycles. The van der Waals surface area contributed by atoms with Crippen molar-refractivity contribution in [2.75, 3.05) is 5.32 Å². The summed E-state index contributed by atoms with van der Waals surface area (Å²) >= 11 is 0. The summed E-state index contributed by atoms with van der Waals surface area (Å²) in [5, 5.41) is 4.57. The van der Waals surface area contributed by atoms with Crippen LogP contribution < -0.4 is 5.32 Å². The van der Waals surface area contributed by atoms with Crippen LogP contribution in [0.2, 0.25) is 0 Å². The molecule has 0 amide bonds. The number of para-hydroxylation sites is 1. The third-order valence-electron chi connectivity index (χ3n) is 3.24. The average Bonchev–Trinajstić information content (AvgIpc) is 2.72. The highest BCUT2D eigenvalue weighted by Crippen LogP contribution is 2.25. The van der Waals surface area contributed by atoms with E-state index in [-0.39, 0.29) is 0 Å². The highest BCUT2D eigenvalue weighted by Gasteiger charge is 2.09. The third kappa shape index (κ3) is 2.32. The first kappa shape index (κ1) is 11.8. The van der Waals surface area contributed by atoms with Crippen LogP contribution in [0.25, 0.3) is 11.0 Å². The fourth-order valence-electron chi connectivity index (χ4n) is 2.28. The van der Waals surface area contributed by atoms with Crippen molar-refractivity contribution in [3.8, 4) is 0 Å². The first-order chi connectivity index (χ1) is 9.24. The Hall–Kier alpha value is -2.29. The van der Waals surface area contributed by atoms with Crippen LogP contribution in [0.15, 0.2) is 47.1 Å². The van der Waals surface area contributed by atoms with Crippen LogP contribution in [-0.2, 0) is 6.54 Å². The molecule has 0 bridgehead atoms. The normalized spacial score (nSPS) is 10.8. The lowest BCUT2D eigenvalue weighted by Crippen LogP contribution is -2.00. The van der Waals surface area contributed by atoms with E-state index in [2.05, 4.69) is 22.4 Å². The summed E-state index contributed by atoms with van der Waals surface area (Å²) in [6.45, 7) is 4.79. The number of hydrogen-bond donors (Lipinski definition) is 1. The lowest BCUT2D eigenvalue weighted by molar-refractivity contribution is 0.573. The number of aryl methyl sites for hydroxylation is 2. The minimum atomic E-state index is 0.744. The molecule has 0 radical (unpaired) electrons. The Balaban J connectivity index is 1.87. The van der Waals surface area contributed by atoms with Gasteiger partial charge >= 0.3 is 0 Å². The van der Waals surface area contributed by atoms with Crippen molar-refractivity contribution >= 4 is 16.7 Å². The van der Waals surface area contributed by atoms with Crippen molar-refractivity contribution in [1.29, 1.82) is 0 Å². The molecular weight excluding hydrogens is 236 g/mol. The van der Waals surface area contributed by atoms with Crippen LogP contribution in [0.5, 0.6) is 0 Å². The van der Waals surface area contributed by atoms with Gasteiger partial charge in [0, 0.05) is 29.9 Å². The Kier molecular flexibility index (Phi) is 2.95. The molecule has 0 atom stereocenters. The number of fused-ring (bicyclic) bond motifs is 1. The lowest BCUT2D eigenvalue weighted by atomic mass is 10.1. The molecule has 0 saturated heterocycles. The summed E-state index contributed by atoms with van der Waals surface area (Å²) in [4.78, 5) is 4.18. The fourth-order valence-corrected chi connectivity index (χ4v) is 2.28. The molecule has 0 aliphatic carbocycles. The van der Waals surface area contributed by atoms with Crippen LogP contribution >= 0.6 is 0 Å². The SMILES string of the molecule is Cc1cncc(NCc2c(C)oc3ccccc23)c1. The summed E-state index contributed by atoms with van der Waals surface area (Å²) < 4.78 is 5.76. The number of pyridine rings is 1. The summed E-state index contributed by atoms with van der Waals surface area (Å²) in [7, 11) is 0. The molecule has 0 unspecified atom stereocenters. The van der Waals surface area contributed by atoms with E-state index in [0.717, 1.165) is 29.1 Å². The maximum absolute atomic E-state index is 5.76. The second-order valence-electron chi connectivity index (χ2n) is 4.74. The van der Waals surface area contributed by atoms with Crippen LogP contribution in [0, 0.1) is 13.8 Å². The van der Waals surface area contributed by atoms with Gasteiger partial charge < -0.3 is 9.73 Å². The highest BCUT2D eigenvalue weighted by molar-refractivity contribution is 5.82. The van der Waals surface area contributed by atoms with Crippen molar-refractivity contribution in [2.24, 2.45) is 0 Å². The van der Waals surface area contributed by atoms with Gasteiger partial charge in [-0.25, -0.2) is 0 Å². The first-order valence-electron chi connectivity index (χ1n) is 6.36. The van der Waals surface area contributed by atoms with Crippen LogP contribution in [0.4, 0.5) is 5.69 Å². The Bertz CT molecular complexity index is 716. The molecule has 0 aliphatic heterocycles. The smallest absolute Gasteiger partial charge is 0.134 e. The maximum Gasteiger partial charge on any atom is 0.134 e. The van der Waals surface area contributed by atoms with Gasteiger partial charge in [0.2, 0.25) is 0 Å². The van der Waals surface area contributed by atoms with Gasteiger partial charge in [-0.1, -0.05) is 18.2 Å². The van der Waals surface area contributed by atoms with Gasteiger partial charge in [0.25, 0.3) is 0 Å². The molecule has 19 heavy (non-hydrogen) atoms. The monoisotopic (exact) mass is 252 g/mol. The van der Waals surface area contributed by atoms with Gasteiger partial charge in [-0.3, -0.25) is 4.98 Å². The predicted octanol–water partition coefficient (Wildman–Crippen LogP) is 4.06. The van der Waals surface area contributed by atoms with Crippen LogP contribution in [0.3, 0.4) is 0 Å². The molecule has 2 aromatic heterocycles. The second kappa shape index (κ2) is 4.76. The summed E-state index contributed by atoms with van der Waals surface area (Å²) in [5.74, 6) is 0.967. The Morgan fingerprint density at radius 2 is 2.00 bits per heavy atom. The van der Waals surface area contributed by atoms with E-state index in [0.29, 0.717) is 0 Å². The molecule has 0 saturated carbocycles. The number of nitrogens with one attached hydrogen (secondary N) is 1. The molecule has 1 N–H and O–H groups in total. The van der Waals surface area contributed by atoms with Gasteiger partial charge in [-0.15, -0.1) is 0 Å². The Morgan fingerprint density at radius 3 is 2.84 bits per heavy atom. The number of nitrogens with zero attached hydrogens (tertiary/aromatic N) is 1. The molecule has 0 spiro atoms. The largest absolute Gasteiger partial charge is 0.461 e. The molecule has 3 aromatic rings. The van der Waals surface area contributed by atoms with E-state index in [9.17, 15) is 0 Å². The van der Waals surface area contributed by atoms with E-state index in [1.54, 1.807) is 0 Å². The van der Waals surface area contributed by atoms with Gasteiger partial charge in [-0.2, -0.15) is 0 Å². The zero-order chi connectivity index (χ0) is 13.2. The van der Waals surface area contributed by atoms with Crippen molar-refractivity contribution in [2.45, 2.75) is 20.4 Å². The van der Waals surface area contributed by atoms with E-state index in [1.807, 2.05) is 44.4 Å². The number of rotatable bonds is 3. The zero-order valence-electron chi connectivity index (χ0n) is 11.1. The number of furan rings is 1. The van der Waals surface area contributed by atoms with Crippen molar-refractivity contribution in [3.05, 3.63) is 59.6 Å². The van der Waals surface area contributed by atoms with Gasteiger partial charge in [0.15, 0.2) is 0 Å². The van der Waals surface area contributed by atoms with Crippen LogP contribution in [-0.4, -0.2) is 4.98 Å². The number of hydrogen-bond acceptors (Lipinski definition) is 3. The summed E-state index contributed by atoms with van der Waals surface area (Å²) in [5.41, 5.74) is 4.33. The van der Waals surface area contributed by atoms with Crippen molar-refractivity contribution in [1.82, 2.24) is 4.98 Å². The molecule has 3 nitrogen and oxygen atoms in total. The minimum absolute atomic E-state index is 0.744. The molecule has 3 rings (SSSR count). The quantitative estimate of drug-likeness (QED) is 0.764. The predicted molar refractivity (Wildman–Crippen MR) is 77.3 cm³/mol. The van der Waals surface area contributed by atoms with Crippen LogP contribution in [0.1, 0.15) is 16.9 Å². The molecule has 0 fully saturated rings. The molecule has 0 aliphatic rings. The van der Waals surface area contributed by atoms with E-state index >= 15 is 0 Å². The third-order valence-corrected chi connectivity index (χ3v) is 3.24. The molecule has 2 heterocycles. The standard InChI is InChI=1S/C16H16N2O/c1-11-7-13(9-17-8-11)18-10-15-12(2)19-16-6-4-3-5-14(15)16/h3-9,18H,10H2,1-2H3. The summed E-state index contributed by atoms with van der Waals surface area (Å²) in [6, 6.07) is 10.2. The van der Waals surface area contributed by atoms with E-state index in [1.165, 1.54) is 10.9 Å². The minimum Gasteiger partial charge on any atom is -0.461 e. The maximum atomic E-state index is 5.76. The van der Waals surface area contributed by atoms with Gasteiger partial charge in [0.05, 0.1) is 5.69 Å². The first-order valence-corrected chi connectivity index (χ1v) is 6.36. The summed E-state index contributed by atoms with van der Waals surface area (Å²) in [6.07, 6.45) is 3.69. The second-order valence-corrected chi connectivity index (χ2v) is 4.74. The lowest BCUT2D eigenvalue weighted by Gasteiger charge is -2.06. The van der Waals surface area contributed by atoms with E-state index in [4.69, 9.17) is 4.42 Å². The molecule has 3 heteroatoms. The number of anilines is 1.